The lowest BCUT2D eigenvalue weighted by molar-refractivity contribution is 0.199. The van der Waals surface area contributed by atoms with Crippen LogP contribution in [-0.2, 0) is 11.3 Å². The highest BCUT2D eigenvalue weighted by molar-refractivity contribution is 5.19. The molecule has 1 heterocycles. The van der Waals surface area contributed by atoms with E-state index in [4.69, 9.17) is 14.7 Å². The molecule has 0 aliphatic carbocycles. The molecule has 0 aliphatic rings. The number of unbranched alkanes of at least 4 members (excludes halogenated alkanes) is 2. The SMILES string of the molecule is COCCNCc1ccc(OCCCCC#N)cn1. The van der Waals surface area contributed by atoms with Gasteiger partial charge in [-0.1, -0.05) is 0 Å². The molecule has 19 heavy (non-hydrogen) atoms. The van der Waals surface area contributed by atoms with E-state index in [1.54, 1.807) is 13.3 Å². The van der Waals surface area contributed by atoms with Gasteiger partial charge in [0.1, 0.15) is 5.75 Å². The molecule has 0 atom stereocenters. The monoisotopic (exact) mass is 263 g/mol. The van der Waals surface area contributed by atoms with Gasteiger partial charge in [0.2, 0.25) is 0 Å². The largest absolute Gasteiger partial charge is 0.492 e. The van der Waals surface area contributed by atoms with Crippen LogP contribution in [0.2, 0.25) is 0 Å². The number of methoxy groups -OCH3 is 1. The number of nitriles is 1. The second-order valence-corrected chi connectivity index (χ2v) is 4.12. The van der Waals surface area contributed by atoms with E-state index in [2.05, 4.69) is 16.4 Å². The maximum absolute atomic E-state index is 8.40. The summed E-state index contributed by atoms with van der Waals surface area (Å²) in [5.74, 6) is 0.776. The number of aromatic nitrogens is 1. The molecule has 0 saturated carbocycles. The number of nitrogens with one attached hydrogen (secondary N) is 1. The van der Waals surface area contributed by atoms with Crippen molar-refractivity contribution in [2.24, 2.45) is 0 Å². The first-order valence-electron chi connectivity index (χ1n) is 6.51. The first-order chi connectivity index (χ1) is 9.36. The third-order valence-electron chi connectivity index (χ3n) is 2.54. The molecular weight excluding hydrogens is 242 g/mol. The van der Waals surface area contributed by atoms with Crippen LogP contribution in [0.1, 0.15) is 25.0 Å². The molecule has 1 aromatic heterocycles. The molecule has 0 radical (unpaired) electrons. The maximum Gasteiger partial charge on any atom is 0.137 e. The number of nitrogens with zero attached hydrogens (tertiary/aromatic N) is 2. The minimum atomic E-state index is 0.591. The summed E-state index contributed by atoms with van der Waals surface area (Å²) in [6, 6.07) is 5.99. The van der Waals surface area contributed by atoms with Crippen LogP contribution >= 0.6 is 0 Å². The summed E-state index contributed by atoms with van der Waals surface area (Å²) in [5.41, 5.74) is 0.980. The zero-order chi connectivity index (χ0) is 13.8. The highest BCUT2D eigenvalue weighted by atomic mass is 16.5. The van der Waals surface area contributed by atoms with E-state index < -0.39 is 0 Å². The third-order valence-corrected chi connectivity index (χ3v) is 2.54. The van der Waals surface area contributed by atoms with E-state index in [1.165, 1.54) is 0 Å². The lowest BCUT2D eigenvalue weighted by atomic mass is 10.2. The normalized spacial score (nSPS) is 10.1. The van der Waals surface area contributed by atoms with E-state index in [0.717, 1.165) is 37.4 Å². The fourth-order valence-corrected chi connectivity index (χ4v) is 1.49. The molecule has 5 heteroatoms. The predicted octanol–water partition coefficient (Wildman–Crippen LogP) is 1.89. The Kier molecular flexibility index (Phi) is 8.36. The van der Waals surface area contributed by atoms with Crippen molar-refractivity contribution in [3.05, 3.63) is 24.0 Å². The van der Waals surface area contributed by atoms with Crippen LogP contribution in [0.5, 0.6) is 5.75 Å². The van der Waals surface area contributed by atoms with Gasteiger partial charge >= 0.3 is 0 Å². The lowest BCUT2D eigenvalue weighted by Crippen LogP contribution is -2.19. The standard InChI is InChI=1S/C14H21N3O2/c1-18-10-8-16-11-13-5-6-14(12-17-13)19-9-4-2-3-7-15/h5-6,12,16H,2-4,8-11H2,1H3. The van der Waals surface area contributed by atoms with E-state index in [1.807, 2.05) is 12.1 Å². The fraction of sp³-hybridized carbons (Fsp3) is 0.571. The topological polar surface area (TPSA) is 67.2 Å². The number of hydrogen-bond donors (Lipinski definition) is 1. The van der Waals surface area contributed by atoms with Crippen molar-refractivity contribution in [1.82, 2.24) is 10.3 Å². The smallest absolute Gasteiger partial charge is 0.137 e. The van der Waals surface area contributed by atoms with Crippen molar-refractivity contribution in [2.45, 2.75) is 25.8 Å². The van der Waals surface area contributed by atoms with E-state index in [0.29, 0.717) is 19.6 Å². The molecule has 1 N–H and O–H groups in total. The number of hydrogen-bond acceptors (Lipinski definition) is 5. The summed E-state index contributed by atoms with van der Waals surface area (Å²) in [4.78, 5) is 4.31. The molecule has 0 bridgehead atoms. The van der Waals surface area contributed by atoms with Crippen LogP contribution in [-0.4, -0.2) is 31.9 Å². The van der Waals surface area contributed by atoms with Gasteiger partial charge in [-0.15, -0.1) is 0 Å². The molecule has 5 nitrogen and oxygen atoms in total. The number of ether oxygens (including phenoxy) is 2. The highest BCUT2D eigenvalue weighted by Crippen LogP contribution is 2.10. The summed E-state index contributed by atoms with van der Waals surface area (Å²) < 4.78 is 10.5. The van der Waals surface area contributed by atoms with Gasteiger partial charge in [-0.3, -0.25) is 4.98 Å². The first-order valence-corrected chi connectivity index (χ1v) is 6.51. The van der Waals surface area contributed by atoms with Gasteiger partial charge in [0.25, 0.3) is 0 Å². The second-order valence-electron chi connectivity index (χ2n) is 4.12. The summed E-state index contributed by atoms with van der Waals surface area (Å²) in [6.45, 7) is 2.87. The van der Waals surface area contributed by atoms with E-state index in [-0.39, 0.29) is 0 Å². The molecule has 0 saturated heterocycles. The fourth-order valence-electron chi connectivity index (χ4n) is 1.49. The van der Waals surface area contributed by atoms with Gasteiger partial charge in [0.05, 0.1) is 31.2 Å². The summed E-state index contributed by atoms with van der Waals surface area (Å²) in [7, 11) is 1.68. The van der Waals surface area contributed by atoms with Gasteiger partial charge < -0.3 is 14.8 Å². The van der Waals surface area contributed by atoms with Crippen LogP contribution < -0.4 is 10.1 Å². The van der Waals surface area contributed by atoms with Gasteiger partial charge in [-0.05, 0) is 25.0 Å². The van der Waals surface area contributed by atoms with Crippen LogP contribution in [0, 0.1) is 11.3 Å². The number of rotatable bonds is 10. The predicted molar refractivity (Wildman–Crippen MR) is 72.8 cm³/mol. The minimum Gasteiger partial charge on any atom is -0.492 e. The summed E-state index contributed by atoms with van der Waals surface area (Å²) in [6.07, 6.45) is 4.10. The Labute approximate surface area is 114 Å². The Hall–Kier alpha value is -1.64. The maximum atomic E-state index is 8.40. The summed E-state index contributed by atoms with van der Waals surface area (Å²) in [5, 5.41) is 11.6. The first kappa shape index (κ1) is 15.4. The van der Waals surface area contributed by atoms with Gasteiger partial charge in [-0.25, -0.2) is 0 Å². The quantitative estimate of drug-likeness (QED) is 0.653. The number of pyridine rings is 1. The Morgan fingerprint density at radius 3 is 2.89 bits per heavy atom. The van der Waals surface area contributed by atoms with Gasteiger partial charge in [-0.2, -0.15) is 5.26 Å². The molecule has 0 unspecified atom stereocenters. The van der Waals surface area contributed by atoms with Crippen molar-refractivity contribution < 1.29 is 9.47 Å². The molecule has 0 spiro atoms. The zero-order valence-corrected chi connectivity index (χ0v) is 11.4. The van der Waals surface area contributed by atoms with Crippen molar-refractivity contribution in [3.63, 3.8) is 0 Å². The van der Waals surface area contributed by atoms with E-state index in [9.17, 15) is 0 Å². The molecule has 0 aromatic carbocycles. The molecule has 1 aromatic rings. The van der Waals surface area contributed by atoms with Crippen LogP contribution in [0.3, 0.4) is 0 Å². The zero-order valence-electron chi connectivity index (χ0n) is 11.4. The molecule has 0 amide bonds. The summed E-state index contributed by atoms with van der Waals surface area (Å²) >= 11 is 0. The molecular formula is C14H21N3O2. The van der Waals surface area contributed by atoms with Crippen molar-refractivity contribution in [1.29, 1.82) is 5.26 Å². The second kappa shape index (κ2) is 10.3. The molecule has 0 aliphatic heterocycles. The Balaban J connectivity index is 2.18. The van der Waals surface area contributed by atoms with Crippen molar-refractivity contribution in [3.8, 4) is 11.8 Å². The average Bonchev–Trinajstić information content (AvgIpc) is 2.45. The Bertz CT molecular complexity index is 373. The van der Waals surface area contributed by atoms with E-state index >= 15 is 0 Å². The third kappa shape index (κ3) is 7.39. The molecule has 1 rings (SSSR count). The van der Waals surface area contributed by atoms with Crippen LogP contribution in [0.25, 0.3) is 0 Å². The van der Waals surface area contributed by atoms with Crippen LogP contribution in [0.4, 0.5) is 0 Å². The minimum absolute atomic E-state index is 0.591. The van der Waals surface area contributed by atoms with Gasteiger partial charge in [0, 0.05) is 26.6 Å². The lowest BCUT2D eigenvalue weighted by Gasteiger charge is -2.07. The van der Waals surface area contributed by atoms with Gasteiger partial charge in [0.15, 0.2) is 0 Å². The van der Waals surface area contributed by atoms with Crippen molar-refractivity contribution in [2.75, 3.05) is 26.9 Å². The molecule has 104 valence electrons. The van der Waals surface area contributed by atoms with Crippen LogP contribution in [0.15, 0.2) is 18.3 Å². The van der Waals surface area contributed by atoms with Crippen molar-refractivity contribution >= 4 is 0 Å². The molecule has 0 fully saturated rings. The highest BCUT2D eigenvalue weighted by Gasteiger charge is 1.97. The average molecular weight is 263 g/mol. The Morgan fingerprint density at radius 2 is 2.21 bits per heavy atom. The Morgan fingerprint density at radius 1 is 1.32 bits per heavy atom.